The summed E-state index contributed by atoms with van der Waals surface area (Å²) in [5.41, 5.74) is 1.18. The third kappa shape index (κ3) is 4.62. The van der Waals surface area contributed by atoms with E-state index in [4.69, 9.17) is 14.0 Å². The highest BCUT2D eigenvalue weighted by Gasteiger charge is 2.26. The second-order valence-electron chi connectivity index (χ2n) is 6.82. The molecule has 0 atom stereocenters. The molecule has 1 aliphatic rings. The molecule has 2 heterocycles. The summed E-state index contributed by atoms with van der Waals surface area (Å²) in [6, 6.07) is 7.13. The minimum absolute atomic E-state index is 0.0516. The van der Waals surface area contributed by atoms with Gasteiger partial charge in [-0.3, -0.25) is 9.59 Å². The third-order valence-electron chi connectivity index (χ3n) is 4.81. The molecule has 1 saturated heterocycles. The van der Waals surface area contributed by atoms with Gasteiger partial charge in [-0.25, -0.2) is 0 Å². The first kappa shape index (κ1) is 19.7. The summed E-state index contributed by atoms with van der Waals surface area (Å²) in [6.45, 7) is 2.90. The number of likely N-dealkylation sites (tertiary alicyclic amines) is 1. The molecule has 2 aromatic rings. The summed E-state index contributed by atoms with van der Waals surface area (Å²) >= 11 is 0. The lowest BCUT2D eigenvalue weighted by Crippen LogP contribution is -2.47. The van der Waals surface area contributed by atoms with E-state index in [2.05, 4.69) is 10.5 Å². The van der Waals surface area contributed by atoms with Crippen LogP contribution in [0.4, 0.5) is 0 Å². The van der Waals surface area contributed by atoms with Crippen LogP contribution in [-0.2, 0) is 11.2 Å². The Hall–Kier alpha value is -3.03. The van der Waals surface area contributed by atoms with Crippen LogP contribution < -0.4 is 14.8 Å². The molecule has 0 spiro atoms. The van der Waals surface area contributed by atoms with Gasteiger partial charge in [0.2, 0.25) is 5.91 Å². The lowest BCUT2D eigenvalue weighted by Gasteiger charge is -2.31. The lowest BCUT2D eigenvalue weighted by molar-refractivity contribution is -0.121. The molecule has 28 heavy (non-hydrogen) atoms. The highest BCUT2D eigenvalue weighted by Crippen LogP contribution is 2.27. The fourth-order valence-corrected chi connectivity index (χ4v) is 3.31. The van der Waals surface area contributed by atoms with Crippen molar-refractivity contribution in [3.05, 3.63) is 41.3 Å². The van der Waals surface area contributed by atoms with Crippen molar-refractivity contribution in [3.63, 3.8) is 0 Å². The standard InChI is InChI=1S/C20H25N3O5/c1-13-10-16(22-28-13)20(25)23-8-6-15(7-9-23)21-19(24)12-14-4-5-17(26-2)18(11-14)27-3/h4-5,10-11,15H,6-9,12H2,1-3H3,(H,21,24). The van der Waals surface area contributed by atoms with E-state index >= 15 is 0 Å². The predicted octanol–water partition coefficient (Wildman–Crippen LogP) is 1.96. The predicted molar refractivity (Wildman–Crippen MR) is 102 cm³/mol. The van der Waals surface area contributed by atoms with Crippen LogP contribution in [0, 0.1) is 6.92 Å². The number of aromatic nitrogens is 1. The average Bonchev–Trinajstić information content (AvgIpc) is 3.14. The van der Waals surface area contributed by atoms with Gasteiger partial charge in [-0.15, -0.1) is 0 Å². The van der Waals surface area contributed by atoms with E-state index in [1.54, 1.807) is 44.2 Å². The van der Waals surface area contributed by atoms with Gasteiger partial charge in [0, 0.05) is 25.2 Å². The zero-order valence-electron chi connectivity index (χ0n) is 16.4. The van der Waals surface area contributed by atoms with Gasteiger partial charge in [-0.1, -0.05) is 11.2 Å². The van der Waals surface area contributed by atoms with Gasteiger partial charge in [0.1, 0.15) is 5.76 Å². The molecule has 8 nitrogen and oxygen atoms in total. The Kier molecular flexibility index (Phi) is 6.18. The van der Waals surface area contributed by atoms with Gasteiger partial charge in [0.25, 0.3) is 5.91 Å². The molecule has 0 radical (unpaired) electrons. The van der Waals surface area contributed by atoms with Crippen LogP contribution in [0.25, 0.3) is 0 Å². The van der Waals surface area contributed by atoms with Crippen molar-refractivity contribution in [3.8, 4) is 11.5 Å². The quantitative estimate of drug-likeness (QED) is 0.814. The maximum atomic E-state index is 12.4. The second kappa shape index (κ2) is 8.77. The number of ether oxygens (including phenoxy) is 2. The van der Waals surface area contributed by atoms with Crippen molar-refractivity contribution in [2.45, 2.75) is 32.2 Å². The summed E-state index contributed by atoms with van der Waals surface area (Å²) in [5.74, 6) is 1.66. The Morgan fingerprint density at radius 3 is 2.50 bits per heavy atom. The maximum Gasteiger partial charge on any atom is 0.276 e. The van der Waals surface area contributed by atoms with Crippen molar-refractivity contribution >= 4 is 11.8 Å². The van der Waals surface area contributed by atoms with Crippen LogP contribution in [-0.4, -0.2) is 55.2 Å². The van der Waals surface area contributed by atoms with E-state index in [0.29, 0.717) is 48.9 Å². The number of amides is 2. The summed E-state index contributed by atoms with van der Waals surface area (Å²) in [4.78, 5) is 26.5. The normalized spacial score (nSPS) is 14.6. The highest BCUT2D eigenvalue weighted by molar-refractivity contribution is 5.92. The van der Waals surface area contributed by atoms with Crippen LogP contribution in [0.5, 0.6) is 11.5 Å². The molecule has 2 amide bonds. The van der Waals surface area contributed by atoms with Crippen molar-refractivity contribution in [1.82, 2.24) is 15.4 Å². The third-order valence-corrected chi connectivity index (χ3v) is 4.81. The molecule has 8 heteroatoms. The van der Waals surface area contributed by atoms with Crippen LogP contribution in [0.1, 0.15) is 34.7 Å². The Balaban J connectivity index is 1.49. The summed E-state index contributed by atoms with van der Waals surface area (Å²) < 4.78 is 15.5. The number of nitrogens with zero attached hydrogens (tertiary/aromatic N) is 2. The fourth-order valence-electron chi connectivity index (χ4n) is 3.31. The average molecular weight is 387 g/mol. The van der Waals surface area contributed by atoms with Crippen molar-refractivity contribution < 1.29 is 23.6 Å². The van der Waals surface area contributed by atoms with E-state index < -0.39 is 0 Å². The van der Waals surface area contributed by atoms with Gasteiger partial charge in [-0.2, -0.15) is 0 Å². The van der Waals surface area contributed by atoms with Crippen molar-refractivity contribution in [1.29, 1.82) is 0 Å². The molecule has 1 fully saturated rings. The number of nitrogens with one attached hydrogen (secondary N) is 1. The fraction of sp³-hybridized carbons (Fsp3) is 0.450. The van der Waals surface area contributed by atoms with Crippen LogP contribution in [0.15, 0.2) is 28.8 Å². The molecule has 0 saturated carbocycles. The van der Waals surface area contributed by atoms with Crippen LogP contribution >= 0.6 is 0 Å². The number of hydrogen-bond acceptors (Lipinski definition) is 6. The zero-order chi connectivity index (χ0) is 20.1. The molecular formula is C20H25N3O5. The van der Waals surface area contributed by atoms with Gasteiger partial charge < -0.3 is 24.2 Å². The molecule has 1 aromatic carbocycles. The first-order chi connectivity index (χ1) is 13.5. The molecule has 0 unspecified atom stereocenters. The van der Waals surface area contributed by atoms with Gasteiger partial charge >= 0.3 is 0 Å². The topological polar surface area (TPSA) is 93.9 Å². The Bertz CT molecular complexity index is 840. The van der Waals surface area contributed by atoms with E-state index in [0.717, 1.165) is 5.56 Å². The van der Waals surface area contributed by atoms with Gasteiger partial charge in [-0.05, 0) is 37.5 Å². The number of benzene rings is 1. The SMILES string of the molecule is COc1ccc(CC(=O)NC2CCN(C(=O)c3cc(C)on3)CC2)cc1OC. The summed E-state index contributed by atoms with van der Waals surface area (Å²) in [7, 11) is 3.14. The Morgan fingerprint density at radius 1 is 1.18 bits per heavy atom. The molecule has 0 bridgehead atoms. The summed E-state index contributed by atoms with van der Waals surface area (Å²) in [6.07, 6.45) is 1.68. The lowest BCUT2D eigenvalue weighted by atomic mass is 10.0. The van der Waals surface area contributed by atoms with Crippen LogP contribution in [0.2, 0.25) is 0 Å². The smallest absolute Gasteiger partial charge is 0.276 e. The minimum Gasteiger partial charge on any atom is -0.493 e. The number of methoxy groups -OCH3 is 2. The number of hydrogen-bond donors (Lipinski definition) is 1. The number of rotatable bonds is 6. The molecular weight excluding hydrogens is 362 g/mol. The van der Waals surface area contributed by atoms with E-state index in [9.17, 15) is 9.59 Å². The number of piperidine rings is 1. The molecule has 150 valence electrons. The van der Waals surface area contributed by atoms with Crippen LogP contribution in [0.3, 0.4) is 0 Å². The summed E-state index contributed by atoms with van der Waals surface area (Å²) in [5, 5.41) is 6.83. The number of carbonyl (C=O) groups excluding carboxylic acids is 2. The molecule has 1 aromatic heterocycles. The highest BCUT2D eigenvalue weighted by atomic mass is 16.5. The Morgan fingerprint density at radius 2 is 1.89 bits per heavy atom. The zero-order valence-corrected chi connectivity index (χ0v) is 16.4. The molecule has 0 aliphatic carbocycles. The number of aryl methyl sites for hydroxylation is 1. The van der Waals surface area contributed by atoms with E-state index in [1.165, 1.54) is 0 Å². The molecule has 1 N–H and O–H groups in total. The van der Waals surface area contributed by atoms with Crippen molar-refractivity contribution in [2.24, 2.45) is 0 Å². The monoisotopic (exact) mass is 387 g/mol. The largest absolute Gasteiger partial charge is 0.493 e. The minimum atomic E-state index is -0.132. The Labute approximate surface area is 163 Å². The van der Waals surface area contributed by atoms with Gasteiger partial charge in [0.15, 0.2) is 17.2 Å². The van der Waals surface area contributed by atoms with Gasteiger partial charge in [0.05, 0.1) is 20.6 Å². The molecule has 1 aliphatic heterocycles. The van der Waals surface area contributed by atoms with E-state index in [-0.39, 0.29) is 24.3 Å². The van der Waals surface area contributed by atoms with E-state index in [1.807, 2.05) is 6.07 Å². The first-order valence-electron chi connectivity index (χ1n) is 9.23. The van der Waals surface area contributed by atoms with Crippen molar-refractivity contribution in [2.75, 3.05) is 27.3 Å². The number of carbonyl (C=O) groups is 2. The first-order valence-corrected chi connectivity index (χ1v) is 9.23. The molecule has 3 rings (SSSR count). The maximum absolute atomic E-state index is 12.4. The second-order valence-corrected chi connectivity index (χ2v) is 6.82.